The first kappa shape index (κ1) is 29.0. The number of rotatable bonds is 11. The maximum Gasteiger partial charge on any atom is 0.407 e. The lowest BCUT2D eigenvalue weighted by Crippen LogP contribution is -2.36. The van der Waals surface area contributed by atoms with E-state index >= 15 is 0 Å². The molecule has 0 spiro atoms. The molecule has 0 fully saturated rings. The van der Waals surface area contributed by atoms with Crippen molar-refractivity contribution in [2.24, 2.45) is 0 Å². The Labute approximate surface area is 214 Å². The van der Waals surface area contributed by atoms with Gasteiger partial charge in [-0.05, 0) is 76.9 Å². The van der Waals surface area contributed by atoms with Gasteiger partial charge in [0.15, 0.2) is 0 Å². The van der Waals surface area contributed by atoms with Gasteiger partial charge in [0, 0.05) is 51.7 Å². The van der Waals surface area contributed by atoms with Gasteiger partial charge in [0.1, 0.15) is 11.2 Å². The predicted molar refractivity (Wildman–Crippen MR) is 139 cm³/mol. The molecule has 0 aliphatic rings. The van der Waals surface area contributed by atoms with E-state index in [9.17, 15) is 9.59 Å². The van der Waals surface area contributed by atoms with Gasteiger partial charge in [-0.1, -0.05) is 0 Å². The summed E-state index contributed by atoms with van der Waals surface area (Å²) in [4.78, 5) is 32.3. The van der Waals surface area contributed by atoms with Crippen LogP contribution in [0, 0.1) is 0 Å². The van der Waals surface area contributed by atoms with Crippen molar-refractivity contribution < 1.29 is 19.1 Å². The first-order valence-electron chi connectivity index (χ1n) is 12.2. The molecule has 2 rings (SSSR count). The standard InChI is InChI=1S/C26H40N6O4/c1-25(2,3)35-23(33)31-13-11-27-17-19-7-9-29-21(15-19)22-16-20(8-10-30-22)18-28-12-14-32-24(34)36-26(4,5)6/h7-10,15-16,27-28H,11-14,17-18H2,1-6H3,(H,31,33)(H,32,34). The van der Waals surface area contributed by atoms with Crippen LogP contribution in [0.15, 0.2) is 36.7 Å². The van der Waals surface area contributed by atoms with Crippen molar-refractivity contribution >= 4 is 12.2 Å². The fourth-order valence-corrected chi connectivity index (χ4v) is 3.05. The van der Waals surface area contributed by atoms with Gasteiger partial charge in [-0.2, -0.15) is 0 Å². The Morgan fingerprint density at radius 2 is 1.08 bits per heavy atom. The number of nitrogens with zero attached hydrogens (tertiary/aromatic N) is 2. The van der Waals surface area contributed by atoms with E-state index in [-0.39, 0.29) is 0 Å². The lowest BCUT2D eigenvalue weighted by Gasteiger charge is -2.19. The lowest BCUT2D eigenvalue weighted by molar-refractivity contribution is 0.0517. The SMILES string of the molecule is CC(C)(C)OC(=O)NCCNCc1ccnc(-c2cc(CNCCNC(=O)OC(C)(C)C)ccn2)c1. The van der Waals surface area contributed by atoms with E-state index in [4.69, 9.17) is 9.47 Å². The molecule has 0 atom stereocenters. The summed E-state index contributed by atoms with van der Waals surface area (Å²) >= 11 is 0. The molecule has 0 aliphatic carbocycles. The van der Waals surface area contributed by atoms with Crippen LogP contribution in [0.2, 0.25) is 0 Å². The van der Waals surface area contributed by atoms with Crippen molar-refractivity contribution in [1.29, 1.82) is 0 Å². The zero-order chi connectivity index (χ0) is 26.6. The first-order chi connectivity index (χ1) is 16.9. The van der Waals surface area contributed by atoms with E-state index < -0.39 is 23.4 Å². The minimum Gasteiger partial charge on any atom is -0.444 e. The smallest absolute Gasteiger partial charge is 0.407 e. The van der Waals surface area contributed by atoms with Crippen LogP contribution in [0.5, 0.6) is 0 Å². The van der Waals surface area contributed by atoms with Gasteiger partial charge in [0.05, 0.1) is 11.4 Å². The first-order valence-corrected chi connectivity index (χ1v) is 12.2. The Morgan fingerprint density at radius 1 is 0.694 bits per heavy atom. The fraction of sp³-hybridized carbons (Fsp3) is 0.538. The van der Waals surface area contributed by atoms with Crippen molar-refractivity contribution in [3.63, 3.8) is 0 Å². The number of aromatic nitrogens is 2. The van der Waals surface area contributed by atoms with Crippen molar-refractivity contribution in [3.05, 3.63) is 47.8 Å². The molecule has 0 unspecified atom stereocenters. The summed E-state index contributed by atoms with van der Waals surface area (Å²) < 4.78 is 10.4. The number of amides is 2. The number of carbonyl (C=O) groups is 2. The average molecular weight is 501 g/mol. The lowest BCUT2D eigenvalue weighted by atomic mass is 10.1. The van der Waals surface area contributed by atoms with Crippen LogP contribution in [0.4, 0.5) is 9.59 Å². The molecule has 0 aliphatic heterocycles. The molecule has 0 saturated heterocycles. The van der Waals surface area contributed by atoms with Crippen LogP contribution >= 0.6 is 0 Å². The second kappa shape index (κ2) is 13.7. The molecule has 2 aromatic heterocycles. The Morgan fingerprint density at radius 3 is 1.44 bits per heavy atom. The van der Waals surface area contributed by atoms with Crippen molar-refractivity contribution in [2.75, 3.05) is 26.2 Å². The largest absolute Gasteiger partial charge is 0.444 e. The van der Waals surface area contributed by atoms with Crippen molar-refractivity contribution in [2.45, 2.75) is 65.8 Å². The minimum absolute atomic E-state index is 0.421. The average Bonchev–Trinajstić information content (AvgIpc) is 2.77. The van der Waals surface area contributed by atoms with Gasteiger partial charge in [0.2, 0.25) is 0 Å². The van der Waals surface area contributed by atoms with E-state index in [0.717, 1.165) is 22.5 Å². The molecule has 4 N–H and O–H groups in total. The molecule has 0 saturated carbocycles. The number of carbonyl (C=O) groups excluding carboxylic acids is 2. The third kappa shape index (κ3) is 12.5. The summed E-state index contributed by atoms with van der Waals surface area (Å²) in [7, 11) is 0. The molecule has 10 heteroatoms. The number of ether oxygens (including phenoxy) is 2. The summed E-state index contributed by atoms with van der Waals surface area (Å²) in [5.41, 5.74) is 2.69. The van der Waals surface area contributed by atoms with Crippen LogP contribution in [0.1, 0.15) is 52.7 Å². The quantitative estimate of drug-likeness (QED) is 0.346. The number of hydrogen-bond acceptors (Lipinski definition) is 8. The van der Waals surface area contributed by atoms with E-state index in [2.05, 4.69) is 31.2 Å². The Bertz CT molecular complexity index is 905. The normalized spacial score (nSPS) is 11.6. The topological polar surface area (TPSA) is 126 Å². The molecule has 198 valence electrons. The number of pyridine rings is 2. The highest BCUT2D eigenvalue weighted by molar-refractivity contribution is 5.68. The van der Waals surface area contributed by atoms with Crippen LogP contribution in [0.25, 0.3) is 11.4 Å². The number of alkyl carbamates (subject to hydrolysis) is 2. The van der Waals surface area contributed by atoms with Gasteiger partial charge >= 0.3 is 12.2 Å². The molecule has 0 aromatic carbocycles. The number of hydrogen-bond donors (Lipinski definition) is 4. The zero-order valence-corrected chi connectivity index (χ0v) is 22.2. The maximum atomic E-state index is 11.7. The Balaban J connectivity index is 1.76. The van der Waals surface area contributed by atoms with E-state index in [0.29, 0.717) is 39.3 Å². The molecule has 2 amide bonds. The van der Waals surface area contributed by atoms with Crippen molar-refractivity contribution in [1.82, 2.24) is 31.2 Å². The Hall–Kier alpha value is -3.24. The predicted octanol–water partition coefficient (Wildman–Crippen LogP) is 3.37. The summed E-state index contributed by atoms with van der Waals surface area (Å²) in [6.07, 6.45) is 2.69. The third-order valence-electron chi connectivity index (χ3n) is 4.51. The summed E-state index contributed by atoms with van der Waals surface area (Å²) in [5, 5.41) is 12.1. The van der Waals surface area contributed by atoms with Gasteiger partial charge < -0.3 is 30.7 Å². The van der Waals surface area contributed by atoms with Crippen LogP contribution in [-0.2, 0) is 22.6 Å². The van der Waals surface area contributed by atoms with Gasteiger partial charge in [0.25, 0.3) is 0 Å². The molecule has 2 aromatic rings. The van der Waals surface area contributed by atoms with E-state index in [1.54, 1.807) is 12.4 Å². The highest BCUT2D eigenvalue weighted by Crippen LogP contribution is 2.17. The fourth-order valence-electron chi connectivity index (χ4n) is 3.05. The second-order valence-electron chi connectivity index (χ2n) is 10.3. The zero-order valence-electron chi connectivity index (χ0n) is 22.2. The molecule has 0 radical (unpaired) electrons. The molecular weight excluding hydrogens is 460 g/mol. The molecule has 36 heavy (non-hydrogen) atoms. The van der Waals surface area contributed by atoms with Gasteiger partial charge in [-0.25, -0.2) is 9.59 Å². The molecule has 2 heterocycles. The summed E-state index contributed by atoms with van der Waals surface area (Å²) in [6, 6.07) is 7.89. The van der Waals surface area contributed by atoms with E-state index in [1.807, 2.05) is 65.8 Å². The highest BCUT2D eigenvalue weighted by Gasteiger charge is 2.16. The molecule has 10 nitrogen and oxygen atoms in total. The second-order valence-corrected chi connectivity index (χ2v) is 10.3. The van der Waals surface area contributed by atoms with Gasteiger partial charge in [-0.15, -0.1) is 0 Å². The third-order valence-corrected chi connectivity index (χ3v) is 4.51. The minimum atomic E-state index is -0.509. The monoisotopic (exact) mass is 500 g/mol. The summed E-state index contributed by atoms with van der Waals surface area (Å²) in [6.45, 7) is 14.4. The van der Waals surface area contributed by atoms with Crippen molar-refractivity contribution in [3.8, 4) is 11.4 Å². The summed E-state index contributed by atoms with van der Waals surface area (Å²) in [5.74, 6) is 0. The Kier molecular flexibility index (Phi) is 11.1. The number of nitrogens with one attached hydrogen (secondary N) is 4. The van der Waals surface area contributed by atoms with E-state index in [1.165, 1.54) is 0 Å². The van der Waals surface area contributed by atoms with Gasteiger partial charge in [-0.3, -0.25) is 9.97 Å². The van der Waals surface area contributed by atoms with Crippen LogP contribution in [-0.4, -0.2) is 59.5 Å². The maximum absolute atomic E-state index is 11.7. The molecule has 0 bridgehead atoms. The van der Waals surface area contributed by atoms with Crippen LogP contribution < -0.4 is 21.3 Å². The van der Waals surface area contributed by atoms with Crippen LogP contribution in [0.3, 0.4) is 0 Å². The highest BCUT2D eigenvalue weighted by atomic mass is 16.6. The molecular formula is C26H40N6O4.